The number of rotatable bonds is 5. The second kappa shape index (κ2) is 10.2. The molecule has 6 heteroatoms. The SMILES string of the molecule is Cc1ccc(N)cc1C(=O)NCC(c1cccnc1)C(C)C.Cl.Cl. The number of hydrogen-bond acceptors (Lipinski definition) is 3. The molecule has 0 spiro atoms. The van der Waals surface area contributed by atoms with Crippen molar-refractivity contribution in [3.05, 3.63) is 59.4 Å². The number of nitrogens with one attached hydrogen (secondary N) is 1. The normalized spacial score (nSPS) is 11.2. The van der Waals surface area contributed by atoms with Gasteiger partial charge in [0.05, 0.1) is 0 Å². The first-order chi connectivity index (χ1) is 10.5. The monoisotopic (exact) mass is 369 g/mol. The summed E-state index contributed by atoms with van der Waals surface area (Å²) in [6.07, 6.45) is 3.62. The summed E-state index contributed by atoms with van der Waals surface area (Å²) in [4.78, 5) is 16.6. The lowest BCUT2D eigenvalue weighted by atomic mass is 9.89. The van der Waals surface area contributed by atoms with Crippen molar-refractivity contribution in [3.8, 4) is 0 Å². The van der Waals surface area contributed by atoms with Gasteiger partial charge in [-0.3, -0.25) is 9.78 Å². The van der Waals surface area contributed by atoms with Crippen LogP contribution in [-0.2, 0) is 0 Å². The van der Waals surface area contributed by atoms with Gasteiger partial charge in [0.1, 0.15) is 0 Å². The minimum atomic E-state index is -0.0839. The first kappa shape index (κ1) is 22.2. The summed E-state index contributed by atoms with van der Waals surface area (Å²) in [5.41, 5.74) is 9.07. The summed E-state index contributed by atoms with van der Waals surface area (Å²) in [7, 11) is 0. The molecule has 24 heavy (non-hydrogen) atoms. The third-order valence-electron chi connectivity index (χ3n) is 3.91. The van der Waals surface area contributed by atoms with Crippen LogP contribution in [0, 0.1) is 12.8 Å². The van der Waals surface area contributed by atoms with E-state index in [9.17, 15) is 4.79 Å². The number of nitrogens with two attached hydrogens (primary N) is 1. The summed E-state index contributed by atoms with van der Waals surface area (Å²) in [5.74, 6) is 0.560. The summed E-state index contributed by atoms with van der Waals surface area (Å²) in [5, 5.41) is 3.02. The molecule has 1 unspecified atom stereocenters. The zero-order valence-electron chi connectivity index (χ0n) is 14.2. The molecular formula is C18H25Cl2N3O. The van der Waals surface area contributed by atoms with Crippen molar-refractivity contribution in [3.63, 3.8) is 0 Å². The fraction of sp³-hybridized carbons (Fsp3) is 0.333. The predicted molar refractivity (Wildman–Crippen MR) is 104 cm³/mol. The quantitative estimate of drug-likeness (QED) is 0.782. The van der Waals surface area contributed by atoms with Gasteiger partial charge in [-0.2, -0.15) is 0 Å². The zero-order valence-corrected chi connectivity index (χ0v) is 15.8. The molecule has 0 aliphatic carbocycles. The number of amides is 1. The lowest BCUT2D eigenvalue weighted by molar-refractivity contribution is 0.0948. The molecule has 0 radical (unpaired) electrons. The van der Waals surface area contributed by atoms with E-state index in [4.69, 9.17) is 5.73 Å². The Morgan fingerprint density at radius 2 is 1.96 bits per heavy atom. The highest BCUT2D eigenvalue weighted by atomic mass is 35.5. The van der Waals surface area contributed by atoms with Crippen LogP contribution in [0.4, 0.5) is 5.69 Å². The molecule has 1 atom stereocenters. The van der Waals surface area contributed by atoms with Crippen molar-refractivity contribution < 1.29 is 4.79 Å². The van der Waals surface area contributed by atoms with Gasteiger partial charge < -0.3 is 11.1 Å². The van der Waals surface area contributed by atoms with Gasteiger partial charge in [0.15, 0.2) is 0 Å². The zero-order chi connectivity index (χ0) is 16.1. The Morgan fingerprint density at radius 3 is 2.54 bits per heavy atom. The smallest absolute Gasteiger partial charge is 0.251 e. The maximum absolute atomic E-state index is 12.4. The molecule has 1 heterocycles. The van der Waals surface area contributed by atoms with Gasteiger partial charge in [0.25, 0.3) is 5.91 Å². The molecule has 1 amide bonds. The summed E-state index contributed by atoms with van der Waals surface area (Å²) >= 11 is 0. The first-order valence-electron chi connectivity index (χ1n) is 7.53. The Balaban J connectivity index is 0.00000264. The van der Waals surface area contributed by atoms with Gasteiger partial charge >= 0.3 is 0 Å². The van der Waals surface area contributed by atoms with Crippen LogP contribution >= 0.6 is 24.8 Å². The molecule has 1 aromatic carbocycles. The van der Waals surface area contributed by atoms with E-state index in [2.05, 4.69) is 30.2 Å². The van der Waals surface area contributed by atoms with Crippen LogP contribution in [0.15, 0.2) is 42.7 Å². The lowest BCUT2D eigenvalue weighted by Gasteiger charge is -2.21. The number of carbonyl (C=O) groups is 1. The molecule has 0 bridgehead atoms. The number of nitrogen functional groups attached to an aromatic ring is 1. The van der Waals surface area contributed by atoms with Gasteiger partial charge in [-0.15, -0.1) is 24.8 Å². The number of halogens is 2. The average molecular weight is 370 g/mol. The van der Waals surface area contributed by atoms with E-state index < -0.39 is 0 Å². The molecule has 0 saturated carbocycles. The van der Waals surface area contributed by atoms with Crippen LogP contribution in [0.5, 0.6) is 0 Å². The van der Waals surface area contributed by atoms with E-state index in [-0.39, 0.29) is 36.6 Å². The van der Waals surface area contributed by atoms with Crippen molar-refractivity contribution in [2.45, 2.75) is 26.7 Å². The van der Waals surface area contributed by atoms with Crippen molar-refractivity contribution in [1.29, 1.82) is 0 Å². The molecule has 2 rings (SSSR count). The van der Waals surface area contributed by atoms with E-state index in [1.807, 2.05) is 25.3 Å². The summed E-state index contributed by atoms with van der Waals surface area (Å²) in [6.45, 7) is 6.79. The Hall–Kier alpha value is -1.78. The van der Waals surface area contributed by atoms with Gasteiger partial charge in [0, 0.05) is 36.1 Å². The number of aryl methyl sites for hydroxylation is 1. The van der Waals surface area contributed by atoms with Crippen molar-refractivity contribution in [2.24, 2.45) is 5.92 Å². The molecule has 0 fully saturated rings. The number of aromatic nitrogens is 1. The van der Waals surface area contributed by atoms with Crippen LogP contribution in [0.1, 0.15) is 41.3 Å². The van der Waals surface area contributed by atoms with E-state index in [0.29, 0.717) is 23.7 Å². The van der Waals surface area contributed by atoms with Gasteiger partial charge in [0.2, 0.25) is 0 Å². The maximum atomic E-state index is 12.4. The minimum absolute atomic E-state index is 0. The number of hydrogen-bond donors (Lipinski definition) is 2. The van der Waals surface area contributed by atoms with Crippen LogP contribution in [-0.4, -0.2) is 17.4 Å². The Bertz CT molecular complexity index is 648. The van der Waals surface area contributed by atoms with Gasteiger partial charge in [-0.05, 0) is 42.2 Å². The second-order valence-electron chi connectivity index (χ2n) is 5.92. The largest absolute Gasteiger partial charge is 0.399 e. The molecular weight excluding hydrogens is 345 g/mol. The second-order valence-corrected chi connectivity index (χ2v) is 5.92. The third-order valence-corrected chi connectivity index (χ3v) is 3.91. The number of nitrogens with zero attached hydrogens (tertiary/aromatic N) is 1. The summed E-state index contributed by atoms with van der Waals surface area (Å²) < 4.78 is 0. The molecule has 0 aliphatic rings. The Kier molecular flexibility index (Phi) is 9.41. The van der Waals surface area contributed by atoms with Crippen LogP contribution in [0.3, 0.4) is 0 Å². The molecule has 132 valence electrons. The Labute approximate surface area is 156 Å². The Morgan fingerprint density at radius 1 is 1.25 bits per heavy atom. The molecule has 2 aromatic rings. The number of benzene rings is 1. The predicted octanol–water partition coefficient (Wildman–Crippen LogP) is 3.99. The lowest BCUT2D eigenvalue weighted by Crippen LogP contribution is -2.31. The highest BCUT2D eigenvalue weighted by Crippen LogP contribution is 2.23. The van der Waals surface area contributed by atoms with Crippen molar-refractivity contribution >= 4 is 36.4 Å². The molecule has 0 aliphatic heterocycles. The third kappa shape index (κ3) is 5.69. The van der Waals surface area contributed by atoms with Gasteiger partial charge in [-0.25, -0.2) is 0 Å². The standard InChI is InChI=1S/C18H23N3O.2ClH/c1-12(2)17(14-5-4-8-20-10-14)11-21-18(22)16-9-15(19)7-6-13(16)3;;/h4-10,12,17H,11,19H2,1-3H3,(H,21,22);2*1H. The van der Waals surface area contributed by atoms with Crippen LogP contribution < -0.4 is 11.1 Å². The minimum Gasteiger partial charge on any atom is -0.399 e. The van der Waals surface area contributed by atoms with E-state index in [0.717, 1.165) is 11.1 Å². The van der Waals surface area contributed by atoms with E-state index in [1.54, 1.807) is 18.3 Å². The topological polar surface area (TPSA) is 68.0 Å². The molecule has 3 N–H and O–H groups in total. The first-order valence-corrected chi connectivity index (χ1v) is 7.53. The fourth-order valence-corrected chi connectivity index (χ4v) is 2.52. The van der Waals surface area contributed by atoms with Gasteiger partial charge in [-0.1, -0.05) is 26.0 Å². The number of carbonyl (C=O) groups excluding carboxylic acids is 1. The van der Waals surface area contributed by atoms with E-state index >= 15 is 0 Å². The van der Waals surface area contributed by atoms with Crippen LogP contribution in [0.2, 0.25) is 0 Å². The maximum Gasteiger partial charge on any atom is 0.251 e. The fourth-order valence-electron chi connectivity index (χ4n) is 2.52. The van der Waals surface area contributed by atoms with E-state index in [1.165, 1.54) is 0 Å². The average Bonchev–Trinajstić information content (AvgIpc) is 2.50. The molecule has 4 nitrogen and oxygen atoms in total. The van der Waals surface area contributed by atoms with Crippen molar-refractivity contribution in [2.75, 3.05) is 12.3 Å². The molecule has 1 aromatic heterocycles. The molecule has 0 saturated heterocycles. The van der Waals surface area contributed by atoms with Crippen molar-refractivity contribution in [1.82, 2.24) is 10.3 Å². The highest BCUT2D eigenvalue weighted by Gasteiger charge is 2.18. The number of pyridine rings is 1. The van der Waals surface area contributed by atoms with Crippen LogP contribution in [0.25, 0.3) is 0 Å². The highest BCUT2D eigenvalue weighted by molar-refractivity contribution is 5.96. The number of anilines is 1. The summed E-state index contributed by atoms with van der Waals surface area (Å²) in [6, 6.07) is 9.37.